The summed E-state index contributed by atoms with van der Waals surface area (Å²) in [6, 6.07) is 5.55. The van der Waals surface area contributed by atoms with Gasteiger partial charge in [-0.25, -0.2) is 4.39 Å². The summed E-state index contributed by atoms with van der Waals surface area (Å²) in [5.74, 6) is -0.109. The summed E-state index contributed by atoms with van der Waals surface area (Å²) in [4.78, 5) is 0. The third-order valence-electron chi connectivity index (χ3n) is 3.21. The molecule has 0 amide bonds. The van der Waals surface area contributed by atoms with E-state index in [0.717, 1.165) is 29.4 Å². The van der Waals surface area contributed by atoms with Crippen LogP contribution >= 0.6 is 15.9 Å². The third kappa shape index (κ3) is 4.69. The molecule has 1 nitrogen and oxygen atoms in total. The maximum absolute atomic E-state index is 13.7. The van der Waals surface area contributed by atoms with Gasteiger partial charge in [-0.15, -0.1) is 0 Å². The molecule has 1 unspecified atom stereocenters. The van der Waals surface area contributed by atoms with Crippen molar-refractivity contribution in [3.05, 3.63) is 34.1 Å². The predicted molar refractivity (Wildman–Crippen MR) is 79.3 cm³/mol. The van der Waals surface area contributed by atoms with Crippen LogP contribution in [0.1, 0.15) is 39.7 Å². The van der Waals surface area contributed by atoms with Crippen LogP contribution in [0.2, 0.25) is 0 Å². The first-order chi connectivity index (χ1) is 8.34. The van der Waals surface area contributed by atoms with E-state index in [1.54, 1.807) is 6.07 Å². The van der Waals surface area contributed by atoms with E-state index in [2.05, 4.69) is 48.9 Å². The van der Waals surface area contributed by atoms with E-state index in [1.165, 1.54) is 6.07 Å². The lowest BCUT2D eigenvalue weighted by atomic mass is 9.83. The van der Waals surface area contributed by atoms with Crippen LogP contribution in [-0.4, -0.2) is 12.6 Å². The second kappa shape index (κ2) is 6.67. The van der Waals surface area contributed by atoms with Gasteiger partial charge in [-0.05, 0) is 48.6 Å². The Bertz CT molecular complexity index is 385. The molecule has 0 saturated carbocycles. The Kier molecular flexibility index (Phi) is 5.80. The molecule has 0 heterocycles. The van der Waals surface area contributed by atoms with Gasteiger partial charge in [0.05, 0.1) is 0 Å². The third-order valence-corrected chi connectivity index (χ3v) is 3.70. The summed E-state index contributed by atoms with van der Waals surface area (Å²) in [7, 11) is 0. The molecular weight excluding hydrogens is 293 g/mol. The number of benzene rings is 1. The second-order valence-corrected chi connectivity index (χ2v) is 6.67. The zero-order chi connectivity index (χ0) is 13.8. The van der Waals surface area contributed by atoms with Crippen molar-refractivity contribution >= 4 is 15.9 Å². The molecule has 3 heteroatoms. The fraction of sp³-hybridized carbons (Fsp3) is 0.600. The fourth-order valence-electron chi connectivity index (χ4n) is 2.12. The van der Waals surface area contributed by atoms with Crippen molar-refractivity contribution in [2.75, 3.05) is 6.54 Å². The van der Waals surface area contributed by atoms with Gasteiger partial charge in [0, 0.05) is 10.5 Å². The molecule has 0 saturated heterocycles. The smallest absolute Gasteiger partial charge is 0.126 e. The summed E-state index contributed by atoms with van der Waals surface area (Å²) >= 11 is 3.39. The maximum Gasteiger partial charge on any atom is 0.126 e. The fourth-order valence-corrected chi connectivity index (χ4v) is 2.53. The first kappa shape index (κ1) is 15.6. The molecule has 0 fully saturated rings. The van der Waals surface area contributed by atoms with Crippen LogP contribution in [-0.2, 0) is 6.42 Å². The highest BCUT2D eigenvalue weighted by Gasteiger charge is 2.23. The van der Waals surface area contributed by atoms with E-state index < -0.39 is 0 Å². The van der Waals surface area contributed by atoms with Crippen molar-refractivity contribution in [1.29, 1.82) is 0 Å². The van der Waals surface area contributed by atoms with Gasteiger partial charge in [0.2, 0.25) is 0 Å². The van der Waals surface area contributed by atoms with Gasteiger partial charge in [-0.3, -0.25) is 0 Å². The largest absolute Gasteiger partial charge is 0.314 e. The van der Waals surface area contributed by atoms with Gasteiger partial charge < -0.3 is 5.32 Å². The van der Waals surface area contributed by atoms with Gasteiger partial charge in [0.25, 0.3) is 0 Å². The first-order valence-electron chi connectivity index (χ1n) is 6.52. The number of hydrogen-bond acceptors (Lipinski definition) is 1. The van der Waals surface area contributed by atoms with Gasteiger partial charge >= 0.3 is 0 Å². The number of halogens is 2. The van der Waals surface area contributed by atoms with E-state index in [1.807, 2.05) is 6.07 Å². The minimum Gasteiger partial charge on any atom is -0.314 e. The molecule has 0 bridgehead atoms. The first-order valence-corrected chi connectivity index (χ1v) is 7.31. The van der Waals surface area contributed by atoms with Crippen molar-refractivity contribution in [1.82, 2.24) is 5.32 Å². The Morgan fingerprint density at radius 1 is 1.33 bits per heavy atom. The van der Waals surface area contributed by atoms with Gasteiger partial charge in [-0.2, -0.15) is 0 Å². The minimum absolute atomic E-state index is 0.109. The van der Waals surface area contributed by atoms with Gasteiger partial charge in [-0.1, -0.05) is 43.6 Å². The monoisotopic (exact) mass is 315 g/mol. The lowest BCUT2D eigenvalue weighted by molar-refractivity contribution is 0.258. The summed E-state index contributed by atoms with van der Waals surface area (Å²) in [6.45, 7) is 9.72. The highest BCUT2D eigenvalue weighted by molar-refractivity contribution is 9.10. The minimum atomic E-state index is -0.109. The molecule has 0 aromatic heterocycles. The molecule has 0 spiro atoms. The van der Waals surface area contributed by atoms with Crippen LogP contribution < -0.4 is 5.32 Å². The van der Waals surface area contributed by atoms with E-state index in [9.17, 15) is 4.39 Å². The second-order valence-electron chi connectivity index (χ2n) is 5.75. The molecule has 18 heavy (non-hydrogen) atoms. The average Bonchev–Trinajstić information content (AvgIpc) is 2.27. The lowest BCUT2D eigenvalue weighted by Gasteiger charge is -2.31. The Morgan fingerprint density at radius 3 is 2.56 bits per heavy atom. The zero-order valence-electron chi connectivity index (χ0n) is 11.7. The highest BCUT2D eigenvalue weighted by atomic mass is 79.9. The molecule has 102 valence electrons. The van der Waals surface area contributed by atoms with E-state index >= 15 is 0 Å². The molecule has 0 aliphatic heterocycles. The molecule has 0 aliphatic rings. The SMILES string of the molecule is CCNC(CCc1cc(Br)ccc1F)C(C)(C)C. The van der Waals surface area contributed by atoms with Crippen LogP contribution in [0.25, 0.3) is 0 Å². The van der Waals surface area contributed by atoms with Gasteiger partial charge in [0.1, 0.15) is 5.82 Å². The van der Waals surface area contributed by atoms with Gasteiger partial charge in [0.15, 0.2) is 0 Å². The summed E-state index contributed by atoms with van der Waals surface area (Å²) in [6.07, 6.45) is 1.71. The topological polar surface area (TPSA) is 12.0 Å². The van der Waals surface area contributed by atoms with Crippen molar-refractivity contribution in [2.24, 2.45) is 5.41 Å². The van der Waals surface area contributed by atoms with Crippen LogP contribution in [0, 0.1) is 11.2 Å². The van der Waals surface area contributed by atoms with Crippen LogP contribution in [0.5, 0.6) is 0 Å². The van der Waals surface area contributed by atoms with Crippen molar-refractivity contribution in [3.8, 4) is 0 Å². The molecule has 1 aromatic carbocycles. The summed E-state index contributed by atoms with van der Waals surface area (Å²) in [5.41, 5.74) is 0.981. The summed E-state index contributed by atoms with van der Waals surface area (Å²) in [5, 5.41) is 3.49. The molecule has 1 N–H and O–H groups in total. The molecule has 1 rings (SSSR count). The normalized spacial score (nSPS) is 13.7. The molecular formula is C15H23BrFN. The van der Waals surface area contributed by atoms with Crippen molar-refractivity contribution < 1.29 is 4.39 Å². The number of aryl methyl sites for hydroxylation is 1. The molecule has 0 radical (unpaired) electrons. The predicted octanol–water partition coefficient (Wildman–Crippen LogP) is 4.55. The maximum atomic E-state index is 13.7. The Hall–Kier alpha value is -0.410. The van der Waals surface area contributed by atoms with Crippen molar-refractivity contribution in [2.45, 2.75) is 46.6 Å². The van der Waals surface area contributed by atoms with Crippen molar-refractivity contribution in [3.63, 3.8) is 0 Å². The summed E-state index contributed by atoms with van der Waals surface area (Å²) < 4.78 is 14.6. The molecule has 1 atom stereocenters. The van der Waals surface area contributed by atoms with E-state index in [-0.39, 0.29) is 11.2 Å². The standard InChI is InChI=1S/C15H23BrFN/c1-5-18-14(15(2,3)4)9-6-11-10-12(16)7-8-13(11)17/h7-8,10,14,18H,5-6,9H2,1-4H3. The van der Waals surface area contributed by atoms with Crippen LogP contribution in [0.15, 0.2) is 22.7 Å². The number of hydrogen-bond donors (Lipinski definition) is 1. The van der Waals surface area contributed by atoms with Crippen LogP contribution in [0.4, 0.5) is 4.39 Å². The van der Waals surface area contributed by atoms with Crippen LogP contribution in [0.3, 0.4) is 0 Å². The zero-order valence-corrected chi connectivity index (χ0v) is 13.3. The lowest BCUT2D eigenvalue weighted by Crippen LogP contribution is -2.40. The Labute approximate surface area is 118 Å². The van der Waals surface area contributed by atoms with E-state index in [4.69, 9.17) is 0 Å². The average molecular weight is 316 g/mol. The molecule has 0 aliphatic carbocycles. The number of rotatable bonds is 5. The highest BCUT2D eigenvalue weighted by Crippen LogP contribution is 2.24. The molecule has 1 aromatic rings. The number of nitrogens with one attached hydrogen (secondary N) is 1. The Balaban J connectivity index is 2.70. The quantitative estimate of drug-likeness (QED) is 0.840. The Morgan fingerprint density at radius 2 is 2.00 bits per heavy atom. The van der Waals surface area contributed by atoms with E-state index in [0.29, 0.717) is 6.04 Å².